The SMILES string of the molecule is Cc1ccc(-c2nnc(C(C)Nc3ccc4c(c3)OC(F)(F)O4)o2)cc1. The molecule has 6 nitrogen and oxygen atoms in total. The lowest BCUT2D eigenvalue weighted by Gasteiger charge is -2.11. The molecule has 8 heteroatoms. The topological polar surface area (TPSA) is 69.4 Å². The van der Waals surface area contributed by atoms with E-state index >= 15 is 0 Å². The molecule has 0 fully saturated rings. The summed E-state index contributed by atoms with van der Waals surface area (Å²) in [5.74, 6) is 0.758. The molecule has 4 rings (SSSR count). The maximum atomic E-state index is 13.1. The van der Waals surface area contributed by atoms with Crippen molar-refractivity contribution >= 4 is 5.69 Å². The first-order valence-electron chi connectivity index (χ1n) is 7.96. The van der Waals surface area contributed by atoms with Gasteiger partial charge in [-0.1, -0.05) is 17.7 Å². The molecule has 1 unspecified atom stereocenters. The summed E-state index contributed by atoms with van der Waals surface area (Å²) >= 11 is 0. The van der Waals surface area contributed by atoms with E-state index < -0.39 is 6.29 Å². The molecule has 1 aliphatic heterocycles. The molecule has 0 amide bonds. The molecule has 1 aliphatic rings. The Morgan fingerprint density at radius 1 is 1.00 bits per heavy atom. The van der Waals surface area contributed by atoms with Crippen molar-refractivity contribution in [3.05, 3.63) is 53.9 Å². The molecule has 0 saturated carbocycles. The fourth-order valence-corrected chi connectivity index (χ4v) is 2.57. The number of aryl methyl sites for hydroxylation is 1. The van der Waals surface area contributed by atoms with Gasteiger partial charge < -0.3 is 19.2 Å². The number of nitrogens with zero attached hydrogens (tertiary/aromatic N) is 2. The Bertz CT molecular complexity index is 941. The van der Waals surface area contributed by atoms with Crippen LogP contribution in [0.2, 0.25) is 0 Å². The number of nitrogens with one attached hydrogen (secondary N) is 1. The van der Waals surface area contributed by atoms with Crippen molar-refractivity contribution in [3.63, 3.8) is 0 Å². The third-order valence-corrected chi connectivity index (χ3v) is 3.89. The van der Waals surface area contributed by atoms with Crippen molar-refractivity contribution < 1.29 is 22.7 Å². The van der Waals surface area contributed by atoms with Gasteiger partial charge in [-0.15, -0.1) is 19.0 Å². The highest BCUT2D eigenvalue weighted by Crippen LogP contribution is 2.42. The molecule has 0 aliphatic carbocycles. The van der Waals surface area contributed by atoms with Gasteiger partial charge >= 0.3 is 6.29 Å². The lowest BCUT2D eigenvalue weighted by Crippen LogP contribution is -2.25. The summed E-state index contributed by atoms with van der Waals surface area (Å²) in [5, 5.41) is 11.2. The van der Waals surface area contributed by atoms with Crippen LogP contribution in [-0.2, 0) is 0 Å². The number of rotatable bonds is 4. The molecule has 3 aromatic rings. The molecule has 26 heavy (non-hydrogen) atoms. The van der Waals surface area contributed by atoms with Gasteiger partial charge in [0, 0.05) is 17.3 Å². The van der Waals surface area contributed by atoms with Gasteiger partial charge in [-0.2, -0.15) is 0 Å². The summed E-state index contributed by atoms with van der Waals surface area (Å²) in [4.78, 5) is 0. The summed E-state index contributed by atoms with van der Waals surface area (Å²) in [5.41, 5.74) is 2.52. The number of halogens is 2. The van der Waals surface area contributed by atoms with Crippen molar-refractivity contribution in [3.8, 4) is 23.0 Å². The van der Waals surface area contributed by atoms with Gasteiger partial charge in [-0.3, -0.25) is 0 Å². The largest absolute Gasteiger partial charge is 0.586 e. The molecule has 0 saturated heterocycles. The van der Waals surface area contributed by atoms with Gasteiger partial charge in [0.2, 0.25) is 11.8 Å². The van der Waals surface area contributed by atoms with Gasteiger partial charge in [0.15, 0.2) is 11.5 Å². The second-order valence-electron chi connectivity index (χ2n) is 6.01. The highest BCUT2D eigenvalue weighted by atomic mass is 19.3. The van der Waals surface area contributed by atoms with E-state index in [4.69, 9.17) is 4.42 Å². The lowest BCUT2D eigenvalue weighted by atomic mass is 10.1. The van der Waals surface area contributed by atoms with Crippen LogP contribution in [-0.4, -0.2) is 16.5 Å². The monoisotopic (exact) mass is 359 g/mol. The molecule has 1 atom stereocenters. The third-order valence-electron chi connectivity index (χ3n) is 3.89. The van der Waals surface area contributed by atoms with Crippen LogP contribution >= 0.6 is 0 Å². The molecule has 134 valence electrons. The lowest BCUT2D eigenvalue weighted by molar-refractivity contribution is -0.286. The zero-order valence-electron chi connectivity index (χ0n) is 14.0. The van der Waals surface area contributed by atoms with E-state index in [1.165, 1.54) is 12.1 Å². The molecule has 1 N–H and O–H groups in total. The smallest absolute Gasteiger partial charge is 0.418 e. The average Bonchev–Trinajstić information content (AvgIpc) is 3.18. The van der Waals surface area contributed by atoms with Crippen LogP contribution in [0.15, 0.2) is 46.9 Å². The second-order valence-corrected chi connectivity index (χ2v) is 6.01. The van der Waals surface area contributed by atoms with Crippen molar-refractivity contribution in [2.24, 2.45) is 0 Å². The van der Waals surface area contributed by atoms with Crippen LogP contribution in [0.4, 0.5) is 14.5 Å². The molecular formula is C18H15F2N3O3. The summed E-state index contributed by atoms with van der Waals surface area (Å²) in [7, 11) is 0. The molecular weight excluding hydrogens is 344 g/mol. The minimum atomic E-state index is -3.64. The number of anilines is 1. The normalized spacial score (nSPS) is 15.7. The van der Waals surface area contributed by atoms with Crippen LogP contribution in [0.25, 0.3) is 11.5 Å². The quantitative estimate of drug-likeness (QED) is 0.738. The van der Waals surface area contributed by atoms with Crippen molar-refractivity contribution in [1.29, 1.82) is 0 Å². The van der Waals surface area contributed by atoms with Gasteiger partial charge in [0.05, 0.1) is 0 Å². The number of benzene rings is 2. The highest BCUT2D eigenvalue weighted by molar-refractivity contribution is 5.57. The Hall–Kier alpha value is -3.16. The van der Waals surface area contributed by atoms with Gasteiger partial charge in [-0.25, -0.2) is 0 Å². The molecule has 0 radical (unpaired) electrons. The Morgan fingerprint density at radius 3 is 2.50 bits per heavy atom. The first-order valence-corrected chi connectivity index (χ1v) is 7.96. The fourth-order valence-electron chi connectivity index (χ4n) is 2.57. The standard InChI is InChI=1S/C18H15F2N3O3/c1-10-3-5-12(6-4-10)17-23-22-16(24-17)11(2)21-13-7-8-14-15(9-13)26-18(19,20)25-14/h3-9,11,21H,1-2H3. The van der Waals surface area contributed by atoms with Gasteiger partial charge in [-0.05, 0) is 38.1 Å². The first-order chi connectivity index (χ1) is 12.4. The summed E-state index contributed by atoms with van der Waals surface area (Å²) in [6.07, 6.45) is -3.64. The minimum absolute atomic E-state index is 0.00680. The number of fused-ring (bicyclic) bond motifs is 1. The van der Waals surface area contributed by atoms with E-state index in [2.05, 4.69) is 25.0 Å². The number of hydrogen-bond acceptors (Lipinski definition) is 6. The zero-order chi connectivity index (χ0) is 18.3. The Labute approximate surface area is 147 Å². The summed E-state index contributed by atoms with van der Waals surface area (Å²) in [6.45, 7) is 3.82. The van der Waals surface area contributed by atoms with E-state index in [-0.39, 0.29) is 17.5 Å². The molecule has 2 heterocycles. The predicted octanol–water partition coefficient (Wildman–Crippen LogP) is 4.54. The van der Waals surface area contributed by atoms with E-state index in [0.29, 0.717) is 17.5 Å². The van der Waals surface area contributed by atoms with Gasteiger partial charge in [0.1, 0.15) is 6.04 Å². The number of alkyl halides is 2. The van der Waals surface area contributed by atoms with E-state index in [9.17, 15) is 8.78 Å². The molecule has 0 spiro atoms. The first kappa shape index (κ1) is 16.3. The van der Waals surface area contributed by atoms with E-state index in [1.54, 1.807) is 6.07 Å². The predicted molar refractivity (Wildman–Crippen MR) is 89.2 cm³/mol. The Morgan fingerprint density at radius 2 is 1.73 bits per heavy atom. The summed E-state index contributed by atoms with van der Waals surface area (Å²) in [6, 6.07) is 11.9. The maximum Gasteiger partial charge on any atom is 0.586 e. The van der Waals surface area contributed by atoms with Crippen molar-refractivity contribution in [2.45, 2.75) is 26.2 Å². The minimum Gasteiger partial charge on any atom is -0.418 e. The maximum absolute atomic E-state index is 13.1. The van der Waals surface area contributed by atoms with Crippen molar-refractivity contribution in [1.82, 2.24) is 10.2 Å². The number of hydrogen-bond donors (Lipinski definition) is 1. The number of ether oxygens (including phenoxy) is 2. The van der Waals surface area contributed by atoms with Crippen LogP contribution < -0.4 is 14.8 Å². The third kappa shape index (κ3) is 3.17. The summed E-state index contributed by atoms with van der Waals surface area (Å²) < 4.78 is 40.7. The van der Waals surface area contributed by atoms with E-state index in [1.807, 2.05) is 38.1 Å². The molecule has 2 aromatic carbocycles. The highest BCUT2D eigenvalue weighted by Gasteiger charge is 2.43. The Balaban J connectivity index is 1.49. The van der Waals surface area contributed by atoms with Crippen LogP contribution in [0.1, 0.15) is 24.4 Å². The number of aromatic nitrogens is 2. The van der Waals surface area contributed by atoms with Crippen LogP contribution in [0, 0.1) is 6.92 Å². The van der Waals surface area contributed by atoms with Crippen molar-refractivity contribution in [2.75, 3.05) is 5.32 Å². The van der Waals surface area contributed by atoms with E-state index in [0.717, 1.165) is 11.1 Å². The van der Waals surface area contributed by atoms with Crippen LogP contribution in [0.3, 0.4) is 0 Å². The fraction of sp³-hybridized carbons (Fsp3) is 0.222. The molecule has 0 bridgehead atoms. The molecule has 1 aromatic heterocycles. The van der Waals surface area contributed by atoms with Gasteiger partial charge in [0.25, 0.3) is 0 Å². The average molecular weight is 359 g/mol. The second kappa shape index (κ2) is 5.98. The Kier molecular flexibility index (Phi) is 3.75. The van der Waals surface area contributed by atoms with Crippen LogP contribution in [0.5, 0.6) is 11.5 Å². The zero-order valence-corrected chi connectivity index (χ0v) is 14.0.